The maximum absolute atomic E-state index is 12.7. The van der Waals surface area contributed by atoms with Crippen LogP contribution < -0.4 is 9.88 Å². The Balaban J connectivity index is 1.91. The number of ketones is 1. The predicted molar refractivity (Wildman–Crippen MR) is 112 cm³/mol. The molecule has 29 heavy (non-hydrogen) atoms. The first-order chi connectivity index (χ1) is 13.9. The van der Waals surface area contributed by atoms with Crippen LogP contribution in [0.5, 0.6) is 0 Å². The summed E-state index contributed by atoms with van der Waals surface area (Å²) in [7, 11) is 0. The largest absolute Gasteiger partial charge is 0.462 e. The number of benzene rings is 1. The van der Waals surface area contributed by atoms with Gasteiger partial charge in [0, 0.05) is 0 Å². The van der Waals surface area contributed by atoms with Crippen LogP contribution in [0.3, 0.4) is 0 Å². The standard InChI is InChI=1S/C21H21N3O4S/c1-5-23-12-24(16-10-8-7-9-15(16)23)11-17(26)22-20-18(21(27)28-6-2)13(3)19(29-20)14(4)25/h5,7-10,12H,1,6,11H2,2-4H3/p+1. The number of hydrogen-bond acceptors (Lipinski definition) is 5. The third kappa shape index (κ3) is 3.97. The Morgan fingerprint density at radius 2 is 2.03 bits per heavy atom. The molecule has 0 radical (unpaired) electrons. The van der Waals surface area contributed by atoms with Crippen LogP contribution in [0.2, 0.25) is 0 Å². The number of Topliss-reactive ketones (excluding diaryl/α,β-unsaturated/α-hetero) is 1. The van der Waals surface area contributed by atoms with Crippen LogP contribution in [0.1, 0.15) is 39.4 Å². The normalized spacial score (nSPS) is 10.7. The fourth-order valence-electron chi connectivity index (χ4n) is 3.18. The number of aromatic nitrogens is 2. The zero-order chi connectivity index (χ0) is 21.1. The van der Waals surface area contributed by atoms with E-state index in [1.807, 2.05) is 28.8 Å². The molecule has 2 aromatic heterocycles. The van der Waals surface area contributed by atoms with Crippen LogP contribution >= 0.6 is 11.3 Å². The Bertz CT molecular complexity index is 1130. The van der Waals surface area contributed by atoms with Crippen LogP contribution in [-0.2, 0) is 16.1 Å². The monoisotopic (exact) mass is 412 g/mol. The van der Waals surface area contributed by atoms with Gasteiger partial charge in [0.2, 0.25) is 6.33 Å². The van der Waals surface area contributed by atoms with E-state index in [2.05, 4.69) is 11.9 Å². The molecule has 150 valence electrons. The molecule has 7 nitrogen and oxygen atoms in total. The van der Waals surface area contributed by atoms with Crippen molar-refractivity contribution in [3.8, 4) is 0 Å². The summed E-state index contributed by atoms with van der Waals surface area (Å²) in [6.07, 6.45) is 3.45. The van der Waals surface area contributed by atoms with Crippen molar-refractivity contribution in [1.82, 2.24) is 4.57 Å². The van der Waals surface area contributed by atoms with E-state index < -0.39 is 5.97 Å². The van der Waals surface area contributed by atoms with E-state index in [-0.39, 0.29) is 30.4 Å². The Hall–Kier alpha value is -3.26. The fraction of sp³-hybridized carbons (Fsp3) is 0.238. The molecule has 8 heteroatoms. The van der Waals surface area contributed by atoms with Crippen molar-refractivity contribution in [3.05, 3.63) is 53.2 Å². The lowest BCUT2D eigenvalue weighted by Gasteiger charge is -2.06. The highest BCUT2D eigenvalue weighted by atomic mass is 32.1. The number of carbonyl (C=O) groups excluding carboxylic acids is 3. The number of rotatable bonds is 7. The lowest BCUT2D eigenvalue weighted by atomic mass is 10.1. The van der Waals surface area contributed by atoms with Crippen molar-refractivity contribution >= 4 is 51.2 Å². The second-order valence-electron chi connectivity index (χ2n) is 6.41. The van der Waals surface area contributed by atoms with Gasteiger partial charge in [0.25, 0.3) is 5.91 Å². The Morgan fingerprint density at radius 3 is 2.69 bits per heavy atom. The minimum atomic E-state index is -0.556. The highest BCUT2D eigenvalue weighted by Gasteiger charge is 2.26. The van der Waals surface area contributed by atoms with Gasteiger partial charge in [0.1, 0.15) is 5.00 Å². The number of esters is 1. The molecule has 3 aromatic rings. The highest BCUT2D eigenvalue weighted by Crippen LogP contribution is 2.34. The number of nitrogens with one attached hydrogen (secondary N) is 1. The number of para-hydroxylation sites is 2. The van der Waals surface area contributed by atoms with E-state index >= 15 is 0 Å². The topological polar surface area (TPSA) is 81.3 Å². The maximum atomic E-state index is 12.7. The van der Waals surface area contributed by atoms with E-state index in [9.17, 15) is 14.4 Å². The number of ether oxygens (including phenoxy) is 1. The molecule has 0 aliphatic carbocycles. The van der Waals surface area contributed by atoms with Gasteiger partial charge in [0.05, 0.1) is 23.2 Å². The van der Waals surface area contributed by atoms with Gasteiger partial charge in [-0.15, -0.1) is 11.3 Å². The fourth-order valence-corrected chi connectivity index (χ4v) is 4.29. The Labute approximate surface area is 172 Å². The first kappa shape index (κ1) is 20.5. The number of amides is 1. The number of nitrogens with zero attached hydrogens (tertiary/aromatic N) is 2. The third-order valence-corrected chi connectivity index (χ3v) is 5.75. The summed E-state index contributed by atoms with van der Waals surface area (Å²) in [5.74, 6) is -1.04. The zero-order valence-electron chi connectivity index (χ0n) is 16.5. The number of thiophene rings is 1. The van der Waals surface area contributed by atoms with Crippen molar-refractivity contribution in [1.29, 1.82) is 0 Å². The third-order valence-electron chi connectivity index (χ3n) is 4.44. The van der Waals surface area contributed by atoms with Gasteiger partial charge < -0.3 is 10.1 Å². The van der Waals surface area contributed by atoms with Crippen molar-refractivity contribution in [3.63, 3.8) is 0 Å². The second kappa shape index (κ2) is 8.40. The molecular formula is C21H22N3O4S+. The molecule has 1 aromatic carbocycles. The van der Waals surface area contributed by atoms with Crippen molar-refractivity contribution < 1.29 is 23.7 Å². The van der Waals surface area contributed by atoms with E-state index in [0.29, 0.717) is 15.4 Å². The summed E-state index contributed by atoms with van der Waals surface area (Å²) in [6, 6.07) is 7.66. The molecule has 0 aliphatic rings. The molecule has 3 rings (SSSR count). The van der Waals surface area contributed by atoms with E-state index in [1.54, 1.807) is 30.9 Å². The molecule has 0 bridgehead atoms. The number of fused-ring (bicyclic) bond motifs is 1. The zero-order valence-corrected chi connectivity index (χ0v) is 17.3. The molecule has 1 N–H and O–H groups in total. The Morgan fingerprint density at radius 1 is 1.31 bits per heavy atom. The molecule has 1 amide bonds. The molecule has 0 saturated heterocycles. The van der Waals surface area contributed by atoms with Gasteiger partial charge in [-0.25, -0.2) is 13.9 Å². The predicted octanol–water partition coefficient (Wildman–Crippen LogP) is 3.42. The van der Waals surface area contributed by atoms with Gasteiger partial charge in [-0.05, 0) is 38.5 Å². The molecule has 0 atom stereocenters. The average molecular weight is 412 g/mol. The van der Waals surface area contributed by atoms with Gasteiger partial charge in [-0.3, -0.25) is 9.59 Å². The number of hydrogen-bond donors (Lipinski definition) is 1. The van der Waals surface area contributed by atoms with Gasteiger partial charge in [0.15, 0.2) is 23.4 Å². The van der Waals surface area contributed by atoms with Crippen LogP contribution in [-0.4, -0.2) is 28.8 Å². The highest BCUT2D eigenvalue weighted by molar-refractivity contribution is 7.18. The average Bonchev–Trinajstić information content (AvgIpc) is 3.19. The summed E-state index contributed by atoms with van der Waals surface area (Å²) < 4.78 is 8.73. The first-order valence-electron chi connectivity index (χ1n) is 9.10. The Kier molecular flexibility index (Phi) is 5.93. The van der Waals surface area contributed by atoms with Crippen molar-refractivity contribution in [2.75, 3.05) is 11.9 Å². The maximum Gasteiger partial charge on any atom is 0.341 e. The van der Waals surface area contributed by atoms with E-state index in [1.165, 1.54) is 6.92 Å². The quantitative estimate of drug-likeness (QED) is 0.366. The van der Waals surface area contributed by atoms with Crippen LogP contribution in [0.15, 0.2) is 37.2 Å². The smallest absolute Gasteiger partial charge is 0.341 e. The summed E-state index contributed by atoms with van der Waals surface area (Å²) in [5, 5.41) is 3.10. The minimum absolute atomic E-state index is 0.0377. The lowest BCUT2D eigenvalue weighted by molar-refractivity contribution is -0.658. The summed E-state index contributed by atoms with van der Waals surface area (Å²) >= 11 is 1.09. The second-order valence-corrected chi connectivity index (χ2v) is 7.43. The van der Waals surface area contributed by atoms with Crippen LogP contribution in [0, 0.1) is 6.92 Å². The van der Waals surface area contributed by atoms with Crippen molar-refractivity contribution in [2.45, 2.75) is 27.3 Å². The molecule has 0 spiro atoms. The SMILES string of the molecule is C=Cn1c[n+](CC(=O)Nc2sc(C(C)=O)c(C)c2C(=O)OCC)c2ccccc21. The summed E-state index contributed by atoms with van der Waals surface area (Å²) in [5.41, 5.74) is 2.55. The van der Waals surface area contributed by atoms with E-state index in [4.69, 9.17) is 4.74 Å². The van der Waals surface area contributed by atoms with Crippen LogP contribution in [0.4, 0.5) is 5.00 Å². The molecule has 0 saturated carbocycles. The first-order valence-corrected chi connectivity index (χ1v) is 9.91. The number of imidazole rings is 1. The summed E-state index contributed by atoms with van der Waals surface area (Å²) in [4.78, 5) is 37.5. The lowest BCUT2D eigenvalue weighted by Crippen LogP contribution is -2.39. The van der Waals surface area contributed by atoms with Crippen LogP contribution in [0.25, 0.3) is 17.2 Å². The molecule has 0 aliphatic heterocycles. The van der Waals surface area contributed by atoms with Gasteiger partial charge in [-0.1, -0.05) is 18.7 Å². The minimum Gasteiger partial charge on any atom is -0.462 e. The van der Waals surface area contributed by atoms with Gasteiger partial charge in [-0.2, -0.15) is 0 Å². The molecule has 0 unspecified atom stereocenters. The van der Waals surface area contributed by atoms with Crippen molar-refractivity contribution in [2.24, 2.45) is 0 Å². The molecule has 2 heterocycles. The van der Waals surface area contributed by atoms with E-state index in [0.717, 1.165) is 22.4 Å². The molecular weight excluding hydrogens is 390 g/mol. The van der Waals surface area contributed by atoms with Gasteiger partial charge >= 0.3 is 5.97 Å². The summed E-state index contributed by atoms with van der Waals surface area (Å²) in [6.45, 7) is 8.84. The number of anilines is 1. The number of carbonyl (C=O) groups is 3. The molecule has 0 fully saturated rings.